The molecule has 3 heterocycles. The van der Waals surface area contributed by atoms with Crippen LogP contribution in [0.15, 0.2) is 60.8 Å². The van der Waals surface area contributed by atoms with E-state index in [0.717, 1.165) is 23.2 Å². The number of aryl methyl sites for hydroxylation is 1. The Morgan fingerprint density at radius 3 is 2.65 bits per heavy atom. The minimum absolute atomic E-state index is 0.0584. The number of rotatable bonds is 7. The lowest BCUT2D eigenvalue weighted by molar-refractivity contribution is 0.586. The molecule has 3 aromatic heterocycles. The lowest BCUT2D eigenvalue weighted by Gasteiger charge is -2.15. The highest BCUT2D eigenvalue weighted by molar-refractivity contribution is 7.88. The normalized spacial score (nSPS) is 13.2. The van der Waals surface area contributed by atoms with Gasteiger partial charge < -0.3 is 9.88 Å². The topological polar surface area (TPSA) is 120 Å². The molecule has 220 valence electrons. The average molecular weight is 602 g/mol. The van der Waals surface area contributed by atoms with E-state index in [1.54, 1.807) is 6.07 Å². The van der Waals surface area contributed by atoms with E-state index < -0.39 is 21.7 Å². The highest BCUT2D eigenvalue weighted by atomic mass is 32.2. The maximum Gasteiger partial charge on any atom is 0.209 e. The van der Waals surface area contributed by atoms with Crippen LogP contribution in [0.5, 0.6) is 0 Å². The number of aromatic amines is 2. The van der Waals surface area contributed by atoms with Gasteiger partial charge >= 0.3 is 0 Å². The summed E-state index contributed by atoms with van der Waals surface area (Å²) in [5.41, 5.74) is 6.45. The summed E-state index contributed by atoms with van der Waals surface area (Å²) in [4.78, 5) is 14.5. The van der Waals surface area contributed by atoms with E-state index in [4.69, 9.17) is 4.98 Å². The Bertz CT molecular complexity index is 2060. The van der Waals surface area contributed by atoms with Crippen molar-refractivity contribution in [1.82, 2.24) is 29.9 Å². The molecule has 9 nitrogen and oxygen atoms in total. The van der Waals surface area contributed by atoms with Gasteiger partial charge in [-0.15, -0.1) is 0 Å². The van der Waals surface area contributed by atoms with Crippen LogP contribution >= 0.6 is 0 Å². The summed E-state index contributed by atoms with van der Waals surface area (Å²) >= 11 is 0. The number of nitrogens with zero attached hydrogens (tertiary/aromatic N) is 4. The first-order valence-corrected chi connectivity index (χ1v) is 15.4. The van der Waals surface area contributed by atoms with Gasteiger partial charge in [-0.25, -0.2) is 31.9 Å². The molecule has 0 saturated heterocycles. The van der Waals surface area contributed by atoms with Crippen LogP contribution in [0, 0.1) is 18.6 Å². The molecule has 0 amide bonds. The van der Waals surface area contributed by atoms with Gasteiger partial charge in [0.25, 0.3) is 0 Å². The fourth-order valence-electron chi connectivity index (χ4n) is 5.18. The Balaban J connectivity index is 1.43. The molecule has 0 radical (unpaired) electrons. The molecule has 5 aromatic rings. The maximum atomic E-state index is 16.3. The van der Waals surface area contributed by atoms with Crippen molar-refractivity contribution >= 4 is 32.3 Å². The van der Waals surface area contributed by atoms with Crippen molar-refractivity contribution in [1.29, 1.82) is 0 Å². The van der Waals surface area contributed by atoms with E-state index in [2.05, 4.69) is 24.9 Å². The first-order chi connectivity index (χ1) is 20.5. The number of aromatic nitrogens is 5. The van der Waals surface area contributed by atoms with Crippen LogP contribution in [0.3, 0.4) is 0 Å². The Hall–Kier alpha value is -4.68. The van der Waals surface area contributed by atoms with Crippen molar-refractivity contribution < 1.29 is 17.2 Å². The fourth-order valence-corrected chi connectivity index (χ4v) is 5.61. The van der Waals surface area contributed by atoms with E-state index in [1.165, 1.54) is 18.3 Å². The van der Waals surface area contributed by atoms with Gasteiger partial charge in [-0.1, -0.05) is 24.3 Å². The van der Waals surface area contributed by atoms with E-state index in [1.807, 2.05) is 62.3 Å². The molecule has 0 unspecified atom stereocenters. The van der Waals surface area contributed by atoms with Crippen LogP contribution < -0.4 is 9.62 Å². The second-order valence-corrected chi connectivity index (χ2v) is 12.6. The predicted octanol–water partition coefficient (Wildman–Crippen LogP) is 5.26. The Kier molecular flexibility index (Phi) is 7.18. The summed E-state index contributed by atoms with van der Waals surface area (Å²) in [7, 11) is 0.399. The molecule has 0 fully saturated rings. The van der Waals surface area contributed by atoms with Gasteiger partial charge in [0.1, 0.15) is 17.3 Å². The lowest BCUT2D eigenvalue weighted by atomic mass is 9.99. The smallest absolute Gasteiger partial charge is 0.209 e. The van der Waals surface area contributed by atoms with Crippen molar-refractivity contribution in [2.75, 3.05) is 25.3 Å². The van der Waals surface area contributed by atoms with Crippen LogP contribution in [0.2, 0.25) is 0 Å². The quantitative estimate of drug-likeness (QED) is 0.234. The summed E-state index contributed by atoms with van der Waals surface area (Å²) in [6, 6.07) is 10.2. The molecule has 43 heavy (non-hydrogen) atoms. The van der Waals surface area contributed by atoms with Crippen molar-refractivity contribution in [3.63, 3.8) is 0 Å². The van der Waals surface area contributed by atoms with E-state index in [9.17, 15) is 12.8 Å². The van der Waals surface area contributed by atoms with Gasteiger partial charge in [0.2, 0.25) is 10.0 Å². The zero-order chi connectivity index (χ0) is 30.5. The molecule has 0 saturated carbocycles. The molecule has 0 spiro atoms. The van der Waals surface area contributed by atoms with Gasteiger partial charge in [-0.3, -0.25) is 5.10 Å². The number of fused-ring (bicyclic) bond motifs is 2. The number of hydrogen-bond acceptors (Lipinski definition) is 6. The van der Waals surface area contributed by atoms with Crippen molar-refractivity contribution in [3.8, 4) is 22.6 Å². The number of allylic oxidation sites excluding steroid dienone is 3. The number of H-pyrrole nitrogens is 2. The van der Waals surface area contributed by atoms with E-state index >= 15 is 4.39 Å². The van der Waals surface area contributed by atoms with Crippen LogP contribution in [0.1, 0.15) is 28.1 Å². The summed E-state index contributed by atoms with van der Waals surface area (Å²) < 4.78 is 56.5. The van der Waals surface area contributed by atoms with Crippen molar-refractivity contribution in [3.05, 3.63) is 101 Å². The average Bonchev–Trinajstić information content (AvgIpc) is 3.51. The summed E-state index contributed by atoms with van der Waals surface area (Å²) in [5, 5.41) is 7.35. The molecule has 0 aliphatic heterocycles. The molecule has 6 rings (SSSR count). The molecule has 2 aromatic carbocycles. The predicted molar refractivity (Wildman–Crippen MR) is 164 cm³/mol. The largest absolute Gasteiger partial charge is 0.378 e. The minimum Gasteiger partial charge on any atom is -0.378 e. The van der Waals surface area contributed by atoms with Crippen molar-refractivity contribution in [2.24, 2.45) is 0 Å². The second kappa shape index (κ2) is 10.9. The number of anilines is 1. The first kappa shape index (κ1) is 28.4. The Morgan fingerprint density at radius 2 is 1.88 bits per heavy atom. The Labute approximate surface area is 247 Å². The maximum absolute atomic E-state index is 16.3. The molecular weight excluding hydrogens is 572 g/mol. The van der Waals surface area contributed by atoms with Crippen molar-refractivity contribution in [2.45, 2.75) is 19.9 Å². The highest BCUT2D eigenvalue weighted by Crippen LogP contribution is 2.36. The third kappa shape index (κ3) is 5.71. The molecule has 0 atom stereocenters. The van der Waals surface area contributed by atoms with Gasteiger partial charge in [0, 0.05) is 55.8 Å². The number of halogens is 2. The minimum atomic E-state index is -3.46. The summed E-state index contributed by atoms with van der Waals surface area (Å²) in [6.45, 7) is 1.90. The summed E-state index contributed by atoms with van der Waals surface area (Å²) in [6.07, 6.45) is 8.66. The molecule has 1 aliphatic rings. The van der Waals surface area contributed by atoms with Crippen LogP contribution in [0.4, 0.5) is 14.5 Å². The number of benzene rings is 2. The van der Waals surface area contributed by atoms with Crippen LogP contribution in [-0.4, -0.2) is 53.9 Å². The number of sulfonamides is 1. The molecule has 1 aliphatic carbocycles. The van der Waals surface area contributed by atoms with E-state index in [0.29, 0.717) is 51.5 Å². The third-order valence-electron chi connectivity index (χ3n) is 7.21. The number of pyridine rings is 1. The number of nitrogens with one attached hydrogen (secondary N) is 3. The van der Waals surface area contributed by atoms with Crippen LogP contribution in [0.25, 0.3) is 39.3 Å². The second-order valence-electron chi connectivity index (χ2n) is 10.8. The van der Waals surface area contributed by atoms with Gasteiger partial charge in [-0.2, -0.15) is 5.10 Å². The molecule has 0 bridgehead atoms. The van der Waals surface area contributed by atoms with Gasteiger partial charge in [0.15, 0.2) is 11.5 Å². The van der Waals surface area contributed by atoms with E-state index in [-0.39, 0.29) is 17.6 Å². The molecular formula is C31H29F2N7O2S. The monoisotopic (exact) mass is 601 g/mol. The van der Waals surface area contributed by atoms with Gasteiger partial charge in [-0.05, 0) is 59.5 Å². The van der Waals surface area contributed by atoms with Crippen LogP contribution in [-0.2, 0) is 23.0 Å². The SMILES string of the molecule is Cc1cc(-c2cnc3n[nH]c(-c4nc5c([nH]4)CC=CC=C5c4cc(F)cc(CNS(C)(=O)=O)c4)c3c2F)cc(N(C)C)c1. The number of imidazole rings is 1. The third-order valence-corrected chi connectivity index (χ3v) is 7.88. The Morgan fingerprint density at radius 1 is 1.07 bits per heavy atom. The summed E-state index contributed by atoms with van der Waals surface area (Å²) in [5.74, 6) is -0.623. The standard InChI is InChI=1S/C31H29F2N7O2S/c1-17-9-19(14-22(10-17)40(2)3)24-16-34-30-26(27(24)33)29(38-39-30)31-36-25-8-6-5-7-23(28(25)37-31)20-11-18(12-21(32)13-20)15-35-43(4,41)42/h5-7,9-14,16,35H,8,15H2,1-4H3,(H,36,37)(H,34,38,39). The number of hydrogen-bond donors (Lipinski definition) is 3. The molecule has 3 N–H and O–H groups in total. The fraction of sp³-hybridized carbons (Fsp3) is 0.194. The zero-order valence-electron chi connectivity index (χ0n) is 24.0. The first-order valence-electron chi connectivity index (χ1n) is 13.5. The highest BCUT2D eigenvalue weighted by Gasteiger charge is 2.24. The lowest BCUT2D eigenvalue weighted by Crippen LogP contribution is -2.21. The zero-order valence-corrected chi connectivity index (χ0v) is 24.8. The van der Waals surface area contributed by atoms with Gasteiger partial charge in [0.05, 0.1) is 17.3 Å². The molecule has 12 heteroatoms.